The second-order valence-electron chi connectivity index (χ2n) is 6.65. The Morgan fingerprint density at radius 1 is 1.07 bits per heavy atom. The van der Waals surface area contributed by atoms with Gasteiger partial charge in [0, 0.05) is 17.2 Å². The summed E-state index contributed by atoms with van der Waals surface area (Å²) >= 11 is 1.45. The Balaban J connectivity index is 0.00000256. The number of amides is 1. The van der Waals surface area contributed by atoms with Gasteiger partial charge in [-0.3, -0.25) is 4.79 Å². The van der Waals surface area contributed by atoms with Crippen LogP contribution in [0, 0.1) is 0 Å². The molecule has 0 radical (unpaired) electrons. The summed E-state index contributed by atoms with van der Waals surface area (Å²) < 4.78 is 33.1. The molecule has 4 rings (SSSR count). The molecule has 30 heavy (non-hydrogen) atoms. The minimum Gasteiger partial charge on any atom is -0.748 e. The maximum atomic E-state index is 13.2. The van der Waals surface area contributed by atoms with Crippen molar-refractivity contribution in [2.24, 2.45) is 5.10 Å². The average Bonchev–Trinajstić information content (AvgIpc) is 3.18. The van der Waals surface area contributed by atoms with Crippen molar-refractivity contribution in [3.8, 4) is 0 Å². The third-order valence-corrected chi connectivity index (χ3v) is 6.59. The number of hydrazone groups is 1. The molecular weight excluding hydrogens is 449 g/mol. The number of para-hydroxylation sites is 2. The number of nitrogens with zero attached hydrogens (tertiary/aromatic N) is 3. The SMILES string of the molecule is CC1=NN(c2ccccc2)C(=O)C1=C1Sc2ccccc2N1CCCS(=O)(=O)[O-].[K+]. The van der Waals surface area contributed by atoms with E-state index < -0.39 is 15.9 Å². The number of fused-ring (bicyclic) bond motifs is 1. The molecule has 0 aromatic heterocycles. The van der Waals surface area contributed by atoms with E-state index in [2.05, 4.69) is 5.10 Å². The van der Waals surface area contributed by atoms with Crippen molar-refractivity contribution in [1.29, 1.82) is 0 Å². The van der Waals surface area contributed by atoms with Crippen LogP contribution in [-0.2, 0) is 14.9 Å². The Morgan fingerprint density at radius 2 is 1.73 bits per heavy atom. The standard InChI is InChI=1S/C20H19N3O4S2.K/c1-14-18(19(24)23(21-14)15-8-3-2-4-9-15)20-22(12-7-13-29(25,26)27)16-10-5-6-11-17(16)28-20;/h2-6,8-11H,7,12-13H2,1H3,(H,25,26,27);/q;+1/p-1. The molecule has 0 unspecified atom stereocenters. The molecule has 0 N–H and O–H groups in total. The van der Waals surface area contributed by atoms with Gasteiger partial charge in [-0.2, -0.15) is 10.1 Å². The van der Waals surface area contributed by atoms with Gasteiger partial charge < -0.3 is 9.45 Å². The molecule has 2 aromatic carbocycles. The van der Waals surface area contributed by atoms with E-state index in [1.807, 2.05) is 59.5 Å². The van der Waals surface area contributed by atoms with Gasteiger partial charge in [0.25, 0.3) is 5.91 Å². The van der Waals surface area contributed by atoms with Gasteiger partial charge in [0.2, 0.25) is 0 Å². The van der Waals surface area contributed by atoms with E-state index in [1.54, 1.807) is 6.92 Å². The fourth-order valence-electron chi connectivity index (χ4n) is 3.34. The minimum absolute atomic E-state index is 0. The molecule has 7 nitrogen and oxygen atoms in total. The molecule has 10 heteroatoms. The number of carbonyl (C=O) groups excluding carboxylic acids is 1. The summed E-state index contributed by atoms with van der Waals surface area (Å²) in [5.74, 6) is -0.679. The van der Waals surface area contributed by atoms with Crippen molar-refractivity contribution < 1.29 is 69.1 Å². The Morgan fingerprint density at radius 3 is 2.43 bits per heavy atom. The molecule has 1 amide bonds. The van der Waals surface area contributed by atoms with Crippen LogP contribution in [0.15, 0.2) is 75.2 Å². The van der Waals surface area contributed by atoms with E-state index >= 15 is 0 Å². The van der Waals surface area contributed by atoms with Crippen LogP contribution in [0.25, 0.3) is 0 Å². The van der Waals surface area contributed by atoms with Crippen LogP contribution >= 0.6 is 11.8 Å². The molecule has 0 aliphatic carbocycles. The summed E-state index contributed by atoms with van der Waals surface area (Å²) in [5.41, 5.74) is 2.65. The summed E-state index contributed by atoms with van der Waals surface area (Å²) in [6, 6.07) is 16.9. The zero-order valence-corrected chi connectivity index (χ0v) is 21.4. The molecule has 0 saturated carbocycles. The van der Waals surface area contributed by atoms with Gasteiger partial charge in [0.1, 0.15) is 0 Å². The molecule has 0 spiro atoms. The third-order valence-electron chi connectivity index (χ3n) is 4.62. The van der Waals surface area contributed by atoms with Crippen molar-refractivity contribution >= 4 is 44.9 Å². The van der Waals surface area contributed by atoms with Gasteiger partial charge in [-0.15, -0.1) is 0 Å². The number of hydrogen-bond acceptors (Lipinski definition) is 7. The first kappa shape index (κ1) is 23.7. The number of anilines is 2. The van der Waals surface area contributed by atoms with E-state index in [9.17, 15) is 17.8 Å². The van der Waals surface area contributed by atoms with Crippen LogP contribution in [0.5, 0.6) is 0 Å². The van der Waals surface area contributed by atoms with Crippen LogP contribution in [0.3, 0.4) is 0 Å². The smallest absolute Gasteiger partial charge is 0.748 e. The minimum atomic E-state index is -4.29. The normalized spacial score (nSPS) is 18.3. The van der Waals surface area contributed by atoms with E-state index in [0.29, 0.717) is 28.5 Å². The van der Waals surface area contributed by atoms with E-state index in [4.69, 9.17) is 0 Å². The van der Waals surface area contributed by atoms with E-state index in [-0.39, 0.29) is 63.7 Å². The van der Waals surface area contributed by atoms with Gasteiger partial charge >= 0.3 is 51.4 Å². The first-order valence-corrected chi connectivity index (χ1v) is 11.4. The van der Waals surface area contributed by atoms with Gasteiger partial charge in [-0.05, 0) is 37.6 Å². The number of thioether (sulfide) groups is 1. The largest absolute Gasteiger partial charge is 1.00 e. The van der Waals surface area contributed by atoms with Crippen molar-refractivity contribution in [2.75, 3.05) is 22.2 Å². The molecule has 0 bridgehead atoms. The van der Waals surface area contributed by atoms with Crippen LogP contribution in [-0.4, -0.2) is 36.9 Å². The van der Waals surface area contributed by atoms with Crippen molar-refractivity contribution in [1.82, 2.24) is 0 Å². The maximum absolute atomic E-state index is 13.2. The maximum Gasteiger partial charge on any atom is 1.00 e. The molecule has 2 aliphatic heterocycles. The predicted molar refractivity (Wildman–Crippen MR) is 113 cm³/mol. The topological polar surface area (TPSA) is 93.1 Å². The predicted octanol–water partition coefficient (Wildman–Crippen LogP) is 0.172. The fourth-order valence-corrected chi connectivity index (χ4v) is 5.10. The fraction of sp³-hybridized carbons (Fsp3) is 0.200. The second kappa shape index (κ2) is 9.66. The monoisotopic (exact) mass is 467 g/mol. The molecule has 2 heterocycles. The second-order valence-corrected chi connectivity index (χ2v) is 9.21. The summed E-state index contributed by atoms with van der Waals surface area (Å²) in [6.45, 7) is 2.10. The summed E-state index contributed by atoms with van der Waals surface area (Å²) in [7, 11) is -4.29. The van der Waals surface area contributed by atoms with Gasteiger partial charge in [0.05, 0.1) is 37.8 Å². The average molecular weight is 468 g/mol. The van der Waals surface area contributed by atoms with Crippen LogP contribution in [0.4, 0.5) is 11.4 Å². The Bertz CT molecular complexity index is 1130. The molecule has 0 fully saturated rings. The number of carbonyl (C=O) groups is 1. The Hall–Kier alpha value is -0.984. The summed E-state index contributed by atoms with van der Waals surface area (Å²) in [4.78, 5) is 16.1. The Labute approximate surface area is 222 Å². The summed E-state index contributed by atoms with van der Waals surface area (Å²) in [6.07, 6.45) is 0.171. The van der Waals surface area contributed by atoms with Crippen molar-refractivity contribution in [3.05, 3.63) is 65.2 Å². The zero-order valence-electron chi connectivity index (χ0n) is 16.6. The van der Waals surface area contributed by atoms with E-state index in [1.165, 1.54) is 16.8 Å². The van der Waals surface area contributed by atoms with Crippen LogP contribution < -0.4 is 61.3 Å². The Kier molecular flexibility index (Phi) is 7.62. The molecule has 2 aliphatic rings. The molecule has 0 atom stereocenters. The van der Waals surface area contributed by atoms with Gasteiger partial charge in [-0.1, -0.05) is 42.1 Å². The van der Waals surface area contributed by atoms with Gasteiger partial charge in [0.15, 0.2) is 0 Å². The first-order valence-electron chi connectivity index (χ1n) is 9.02. The van der Waals surface area contributed by atoms with Crippen LogP contribution in [0.2, 0.25) is 0 Å². The van der Waals surface area contributed by atoms with Crippen LogP contribution in [0.1, 0.15) is 13.3 Å². The molecule has 2 aromatic rings. The zero-order chi connectivity index (χ0) is 20.6. The number of benzene rings is 2. The first-order chi connectivity index (χ1) is 13.8. The number of hydrogen-bond donors (Lipinski definition) is 0. The third kappa shape index (κ3) is 4.91. The molecule has 0 saturated heterocycles. The van der Waals surface area contributed by atoms with E-state index in [0.717, 1.165) is 10.6 Å². The molecule has 150 valence electrons. The number of rotatable bonds is 5. The van der Waals surface area contributed by atoms with Crippen molar-refractivity contribution in [2.45, 2.75) is 18.2 Å². The van der Waals surface area contributed by atoms with Crippen molar-refractivity contribution in [3.63, 3.8) is 0 Å². The quantitative estimate of drug-likeness (QED) is 0.354. The summed E-state index contributed by atoms with van der Waals surface area (Å²) in [5, 5.41) is 6.52. The van der Waals surface area contributed by atoms with Gasteiger partial charge in [-0.25, -0.2) is 8.42 Å². The molecular formula is C20H18KN3O4S2.